The van der Waals surface area contributed by atoms with Crippen LogP contribution in [0.2, 0.25) is 5.02 Å². The van der Waals surface area contributed by atoms with Gasteiger partial charge in [0.25, 0.3) is 0 Å². The van der Waals surface area contributed by atoms with Crippen molar-refractivity contribution in [3.05, 3.63) is 53.1 Å². The van der Waals surface area contributed by atoms with E-state index in [2.05, 4.69) is 0 Å². The van der Waals surface area contributed by atoms with Crippen LogP contribution in [0.4, 0.5) is 13.2 Å². The summed E-state index contributed by atoms with van der Waals surface area (Å²) in [5.41, 5.74) is -0.779. The van der Waals surface area contributed by atoms with Gasteiger partial charge in [-0.3, -0.25) is 0 Å². The predicted molar refractivity (Wildman–Crippen MR) is 73.6 cm³/mol. The molecule has 0 saturated carbocycles. The van der Waals surface area contributed by atoms with Gasteiger partial charge in [-0.05, 0) is 36.4 Å². The molecule has 0 aliphatic rings. The van der Waals surface area contributed by atoms with Crippen LogP contribution in [0.15, 0.2) is 52.3 Å². The molecule has 0 aromatic heterocycles. The van der Waals surface area contributed by atoms with Gasteiger partial charge in [0.05, 0.1) is 17.6 Å². The molecule has 0 unspecified atom stereocenters. The lowest BCUT2D eigenvalue weighted by Gasteiger charge is -2.15. The molecule has 0 aliphatic carbocycles. The van der Waals surface area contributed by atoms with E-state index in [9.17, 15) is 13.2 Å². The Labute approximate surface area is 123 Å². The van der Waals surface area contributed by atoms with Crippen molar-refractivity contribution in [3.63, 3.8) is 0 Å². The Morgan fingerprint density at radius 3 is 2.25 bits per heavy atom. The number of methoxy groups -OCH3 is 1. The molecule has 2 aromatic rings. The topological polar surface area (TPSA) is 9.23 Å². The van der Waals surface area contributed by atoms with E-state index < -0.39 is 11.7 Å². The molecule has 2 aromatic carbocycles. The Balaban J connectivity index is 2.39. The van der Waals surface area contributed by atoms with E-state index in [1.54, 1.807) is 30.3 Å². The van der Waals surface area contributed by atoms with Crippen LogP contribution < -0.4 is 4.74 Å². The van der Waals surface area contributed by atoms with E-state index in [0.29, 0.717) is 9.92 Å². The summed E-state index contributed by atoms with van der Waals surface area (Å²) in [6, 6.07) is 10.8. The van der Waals surface area contributed by atoms with Crippen LogP contribution in [0.1, 0.15) is 5.56 Å². The number of hydrogen-bond acceptors (Lipinski definition) is 2. The van der Waals surface area contributed by atoms with Crippen molar-refractivity contribution in [3.8, 4) is 5.75 Å². The molecule has 0 radical (unpaired) electrons. The molecule has 1 nitrogen and oxygen atoms in total. The second-order valence-electron chi connectivity index (χ2n) is 3.89. The smallest absolute Gasteiger partial charge is 0.420 e. The number of rotatable bonds is 3. The first-order chi connectivity index (χ1) is 9.41. The average Bonchev–Trinajstić information content (AvgIpc) is 2.40. The lowest BCUT2D eigenvalue weighted by molar-refractivity contribution is -0.139. The van der Waals surface area contributed by atoms with Crippen LogP contribution >= 0.6 is 23.4 Å². The fourth-order valence-corrected chi connectivity index (χ4v) is 2.74. The maximum Gasteiger partial charge on any atom is 0.420 e. The zero-order chi connectivity index (χ0) is 14.8. The van der Waals surface area contributed by atoms with Gasteiger partial charge in [0.15, 0.2) is 0 Å². The van der Waals surface area contributed by atoms with Crippen LogP contribution in [0.5, 0.6) is 5.75 Å². The zero-order valence-corrected chi connectivity index (χ0v) is 11.9. The predicted octanol–water partition coefficient (Wildman–Crippen LogP) is 5.52. The largest absolute Gasteiger partial charge is 0.495 e. The monoisotopic (exact) mass is 318 g/mol. The number of alkyl halides is 3. The highest BCUT2D eigenvalue weighted by Gasteiger charge is 2.35. The highest BCUT2D eigenvalue weighted by Crippen LogP contribution is 2.43. The molecule has 2 rings (SSSR count). The fourth-order valence-electron chi connectivity index (χ4n) is 1.66. The zero-order valence-electron chi connectivity index (χ0n) is 10.4. The van der Waals surface area contributed by atoms with Gasteiger partial charge in [0.1, 0.15) is 5.75 Å². The van der Waals surface area contributed by atoms with Gasteiger partial charge in [0, 0.05) is 9.92 Å². The number of ether oxygens (including phenoxy) is 1. The molecular weight excluding hydrogens is 309 g/mol. The highest BCUT2D eigenvalue weighted by molar-refractivity contribution is 7.99. The van der Waals surface area contributed by atoms with E-state index in [4.69, 9.17) is 16.3 Å². The minimum absolute atomic E-state index is 0.167. The van der Waals surface area contributed by atoms with Gasteiger partial charge in [-0.2, -0.15) is 13.2 Å². The first kappa shape index (κ1) is 15.1. The Kier molecular flexibility index (Phi) is 4.50. The third kappa shape index (κ3) is 3.41. The highest BCUT2D eigenvalue weighted by atomic mass is 35.5. The first-order valence-corrected chi connectivity index (χ1v) is 6.79. The summed E-state index contributed by atoms with van der Waals surface area (Å²) in [6.45, 7) is 0. The molecule has 106 valence electrons. The number of halogens is 4. The van der Waals surface area contributed by atoms with Crippen LogP contribution in [0, 0.1) is 0 Å². The van der Waals surface area contributed by atoms with Gasteiger partial charge < -0.3 is 4.74 Å². The third-order valence-electron chi connectivity index (χ3n) is 2.53. The van der Waals surface area contributed by atoms with E-state index in [1.165, 1.54) is 24.9 Å². The SMILES string of the molecule is COc1c(Sc2ccc(Cl)cc2)cccc1C(F)(F)F. The molecule has 0 aliphatic heterocycles. The normalized spacial score (nSPS) is 11.4. The van der Waals surface area contributed by atoms with Gasteiger partial charge in [-0.15, -0.1) is 0 Å². The minimum atomic E-state index is -4.44. The Bertz CT molecular complexity index is 596. The van der Waals surface area contributed by atoms with E-state index in [-0.39, 0.29) is 5.75 Å². The number of benzene rings is 2. The third-order valence-corrected chi connectivity index (χ3v) is 3.83. The van der Waals surface area contributed by atoms with E-state index >= 15 is 0 Å². The van der Waals surface area contributed by atoms with Gasteiger partial charge in [-0.1, -0.05) is 29.4 Å². The van der Waals surface area contributed by atoms with Crippen molar-refractivity contribution >= 4 is 23.4 Å². The summed E-state index contributed by atoms with van der Waals surface area (Å²) < 4.78 is 43.6. The minimum Gasteiger partial charge on any atom is -0.495 e. The quantitative estimate of drug-likeness (QED) is 0.737. The van der Waals surface area contributed by atoms with Gasteiger partial charge >= 0.3 is 6.18 Å². The molecule has 0 N–H and O–H groups in total. The lowest BCUT2D eigenvalue weighted by atomic mass is 10.2. The lowest BCUT2D eigenvalue weighted by Crippen LogP contribution is -2.07. The maximum atomic E-state index is 12.9. The average molecular weight is 319 g/mol. The first-order valence-electron chi connectivity index (χ1n) is 5.59. The van der Waals surface area contributed by atoms with Crippen molar-refractivity contribution in [2.24, 2.45) is 0 Å². The molecule has 0 saturated heterocycles. The molecule has 0 amide bonds. The summed E-state index contributed by atoms with van der Waals surface area (Å²) >= 11 is 6.97. The van der Waals surface area contributed by atoms with Crippen molar-refractivity contribution in [2.75, 3.05) is 7.11 Å². The van der Waals surface area contributed by atoms with Crippen LogP contribution in [-0.2, 0) is 6.18 Å². The molecule has 0 bridgehead atoms. The van der Waals surface area contributed by atoms with Crippen LogP contribution in [0.3, 0.4) is 0 Å². The fraction of sp³-hybridized carbons (Fsp3) is 0.143. The summed E-state index contributed by atoms with van der Waals surface area (Å²) in [7, 11) is 1.23. The van der Waals surface area contributed by atoms with Gasteiger partial charge in [0.2, 0.25) is 0 Å². The standard InChI is InChI=1S/C14H10ClF3OS/c1-19-13-11(14(16,17)18)3-2-4-12(13)20-10-7-5-9(15)6-8-10/h2-8H,1H3. The Morgan fingerprint density at radius 2 is 1.70 bits per heavy atom. The van der Waals surface area contributed by atoms with Crippen LogP contribution in [-0.4, -0.2) is 7.11 Å². The van der Waals surface area contributed by atoms with E-state index in [0.717, 1.165) is 11.0 Å². The summed E-state index contributed by atoms with van der Waals surface area (Å²) in [4.78, 5) is 1.19. The van der Waals surface area contributed by atoms with E-state index in [1.807, 2.05) is 0 Å². The molecule has 0 spiro atoms. The van der Waals surface area contributed by atoms with Crippen molar-refractivity contribution in [1.82, 2.24) is 0 Å². The molecule has 0 heterocycles. The maximum absolute atomic E-state index is 12.9. The number of hydrogen-bond donors (Lipinski definition) is 0. The Hall–Kier alpha value is -1.33. The molecule has 0 fully saturated rings. The summed E-state index contributed by atoms with van der Waals surface area (Å²) in [6.07, 6.45) is -4.44. The van der Waals surface area contributed by atoms with Crippen molar-refractivity contribution in [2.45, 2.75) is 16.0 Å². The summed E-state index contributed by atoms with van der Waals surface area (Å²) in [5, 5.41) is 0.574. The van der Waals surface area contributed by atoms with Gasteiger partial charge in [-0.25, -0.2) is 0 Å². The molecule has 20 heavy (non-hydrogen) atoms. The Morgan fingerprint density at radius 1 is 1.05 bits per heavy atom. The van der Waals surface area contributed by atoms with Crippen LogP contribution in [0.25, 0.3) is 0 Å². The number of para-hydroxylation sites is 1. The summed E-state index contributed by atoms with van der Waals surface area (Å²) in [5.74, 6) is -0.167. The van der Waals surface area contributed by atoms with Crippen molar-refractivity contribution in [1.29, 1.82) is 0 Å². The molecule has 0 atom stereocenters. The second-order valence-corrected chi connectivity index (χ2v) is 5.44. The van der Waals surface area contributed by atoms with Crippen molar-refractivity contribution < 1.29 is 17.9 Å². The molecular formula is C14H10ClF3OS. The molecule has 6 heteroatoms. The second kappa shape index (κ2) is 5.97.